The number of hydrogen-bond donors (Lipinski definition) is 0. The molecule has 0 atom stereocenters. The monoisotopic (exact) mass is 269 g/mol. The maximum Gasteiger partial charge on any atom is 0.299 e. The Morgan fingerprint density at radius 3 is 2.67 bits per heavy atom. The topological polar surface area (TPSA) is 63.7 Å². The molecule has 2 rings (SSSR count). The molecule has 1 amide bonds. The molecule has 1 heterocycles. The zero-order valence-corrected chi connectivity index (χ0v) is 10.9. The molecule has 1 aromatic rings. The summed E-state index contributed by atoms with van der Waals surface area (Å²) in [4.78, 5) is 13.3. The minimum atomic E-state index is -3.80. The highest BCUT2D eigenvalue weighted by Gasteiger charge is 2.28. The van der Waals surface area contributed by atoms with E-state index in [1.54, 1.807) is 25.1 Å². The minimum Gasteiger partial charge on any atom is -0.311 e. The number of carbonyl (C=O) groups is 1. The van der Waals surface area contributed by atoms with Gasteiger partial charge < -0.3 is 4.90 Å². The Balaban J connectivity index is 2.46. The summed E-state index contributed by atoms with van der Waals surface area (Å²) in [6.07, 6.45) is 1.21. The van der Waals surface area contributed by atoms with E-state index in [9.17, 15) is 13.2 Å². The largest absolute Gasteiger partial charge is 0.311 e. The van der Waals surface area contributed by atoms with Crippen LogP contribution in [0.15, 0.2) is 29.2 Å². The van der Waals surface area contributed by atoms with Gasteiger partial charge >= 0.3 is 0 Å². The maximum atomic E-state index is 12.0. The first kappa shape index (κ1) is 13.0. The van der Waals surface area contributed by atoms with Crippen molar-refractivity contribution in [2.24, 2.45) is 0 Å². The van der Waals surface area contributed by atoms with Crippen LogP contribution in [0.3, 0.4) is 0 Å². The summed E-state index contributed by atoms with van der Waals surface area (Å²) in [5, 5.41) is 0. The molecule has 0 saturated carbocycles. The summed E-state index contributed by atoms with van der Waals surface area (Å²) < 4.78 is 28.7. The molecule has 98 valence electrons. The van der Waals surface area contributed by atoms with Crippen molar-refractivity contribution in [1.29, 1.82) is 0 Å². The lowest BCUT2D eigenvalue weighted by Gasteiger charge is -2.19. The second-order valence-electron chi connectivity index (χ2n) is 3.98. The lowest BCUT2D eigenvalue weighted by Crippen LogP contribution is -2.26. The first-order valence-electron chi connectivity index (χ1n) is 5.85. The molecular formula is C12H15NO4S. The van der Waals surface area contributed by atoms with Crippen molar-refractivity contribution in [3.05, 3.63) is 24.3 Å². The molecule has 1 saturated heterocycles. The van der Waals surface area contributed by atoms with E-state index in [0.717, 1.165) is 6.42 Å². The van der Waals surface area contributed by atoms with Crippen LogP contribution in [0.2, 0.25) is 0 Å². The van der Waals surface area contributed by atoms with E-state index in [2.05, 4.69) is 0 Å². The predicted octanol–water partition coefficient (Wildman–Crippen LogP) is 1.54. The summed E-state index contributed by atoms with van der Waals surface area (Å²) >= 11 is 0. The summed E-state index contributed by atoms with van der Waals surface area (Å²) in [5.41, 5.74) is 0.411. The molecule has 1 aliphatic rings. The van der Waals surface area contributed by atoms with Crippen LogP contribution in [0.5, 0.6) is 0 Å². The fourth-order valence-corrected chi connectivity index (χ4v) is 3.13. The van der Waals surface area contributed by atoms with Crippen LogP contribution in [0.25, 0.3) is 0 Å². The number of hydrogen-bond acceptors (Lipinski definition) is 4. The van der Waals surface area contributed by atoms with Crippen molar-refractivity contribution < 1.29 is 17.4 Å². The van der Waals surface area contributed by atoms with Crippen LogP contribution in [0, 0.1) is 0 Å². The van der Waals surface area contributed by atoms with Crippen LogP contribution in [0.1, 0.15) is 19.8 Å². The normalized spacial score (nSPS) is 16.3. The average Bonchev–Trinajstić information content (AvgIpc) is 2.75. The van der Waals surface area contributed by atoms with Crippen molar-refractivity contribution >= 4 is 21.7 Å². The minimum absolute atomic E-state index is 0.0471. The van der Waals surface area contributed by atoms with Gasteiger partial charge in [0, 0.05) is 13.0 Å². The summed E-state index contributed by atoms with van der Waals surface area (Å²) in [5.74, 6) is -0.0471. The van der Waals surface area contributed by atoms with Gasteiger partial charge in [0.1, 0.15) is 4.90 Å². The molecule has 18 heavy (non-hydrogen) atoms. The Morgan fingerprint density at radius 1 is 1.33 bits per heavy atom. The predicted molar refractivity (Wildman–Crippen MR) is 66.8 cm³/mol. The average molecular weight is 269 g/mol. The van der Waals surface area contributed by atoms with E-state index in [1.165, 1.54) is 11.0 Å². The van der Waals surface area contributed by atoms with Crippen LogP contribution in [-0.2, 0) is 19.1 Å². The highest BCUT2D eigenvalue weighted by atomic mass is 32.2. The van der Waals surface area contributed by atoms with Gasteiger partial charge in [-0.05, 0) is 25.5 Å². The Kier molecular flexibility index (Phi) is 3.68. The zero-order chi connectivity index (χ0) is 13.2. The molecule has 0 unspecified atom stereocenters. The first-order chi connectivity index (χ1) is 8.56. The van der Waals surface area contributed by atoms with Crippen molar-refractivity contribution in [3.8, 4) is 0 Å². The Labute approximate surface area is 106 Å². The van der Waals surface area contributed by atoms with E-state index >= 15 is 0 Å². The molecule has 0 bridgehead atoms. The van der Waals surface area contributed by atoms with E-state index in [1.807, 2.05) is 0 Å². The smallest absolute Gasteiger partial charge is 0.299 e. The van der Waals surface area contributed by atoms with Gasteiger partial charge in [-0.25, -0.2) is 0 Å². The fraction of sp³-hybridized carbons (Fsp3) is 0.417. The van der Waals surface area contributed by atoms with Gasteiger partial charge in [0.25, 0.3) is 10.1 Å². The highest BCUT2D eigenvalue weighted by molar-refractivity contribution is 7.87. The molecule has 5 nitrogen and oxygen atoms in total. The standard InChI is InChI=1S/C12H15NO4S/c1-2-17-18(15,16)11-7-4-3-6-10(11)13-9-5-8-12(13)14/h3-4,6-7H,2,5,8-9H2,1H3. The molecule has 0 spiro atoms. The van der Waals surface area contributed by atoms with Crippen LogP contribution >= 0.6 is 0 Å². The number of amides is 1. The number of rotatable bonds is 4. The van der Waals surface area contributed by atoms with E-state index < -0.39 is 10.1 Å². The SMILES string of the molecule is CCOS(=O)(=O)c1ccccc1N1CCCC1=O. The molecule has 0 N–H and O–H groups in total. The summed E-state index contributed by atoms with van der Waals surface area (Å²) in [6, 6.07) is 6.43. The molecule has 6 heteroatoms. The molecule has 0 aliphatic carbocycles. The van der Waals surface area contributed by atoms with Crippen molar-refractivity contribution in [3.63, 3.8) is 0 Å². The summed E-state index contributed by atoms with van der Waals surface area (Å²) in [6.45, 7) is 2.24. The van der Waals surface area contributed by atoms with Crippen LogP contribution < -0.4 is 4.90 Å². The van der Waals surface area contributed by atoms with Crippen molar-refractivity contribution in [2.45, 2.75) is 24.7 Å². The maximum absolute atomic E-state index is 12.0. The van der Waals surface area contributed by atoms with Crippen molar-refractivity contribution in [2.75, 3.05) is 18.1 Å². The fourth-order valence-electron chi connectivity index (χ4n) is 2.01. The number of para-hydroxylation sites is 1. The third-order valence-corrected chi connectivity index (χ3v) is 4.20. The van der Waals surface area contributed by atoms with Gasteiger partial charge in [0.2, 0.25) is 5.91 Å². The van der Waals surface area contributed by atoms with Gasteiger partial charge in [-0.1, -0.05) is 12.1 Å². The highest BCUT2D eigenvalue weighted by Crippen LogP contribution is 2.29. The van der Waals surface area contributed by atoms with Gasteiger partial charge in [0.05, 0.1) is 12.3 Å². The van der Waals surface area contributed by atoms with E-state index in [4.69, 9.17) is 4.18 Å². The van der Waals surface area contributed by atoms with Gasteiger partial charge in [-0.2, -0.15) is 8.42 Å². The van der Waals surface area contributed by atoms with Crippen LogP contribution in [-0.4, -0.2) is 27.5 Å². The lowest BCUT2D eigenvalue weighted by molar-refractivity contribution is -0.117. The lowest BCUT2D eigenvalue weighted by atomic mass is 10.3. The van der Waals surface area contributed by atoms with Gasteiger partial charge in [-0.3, -0.25) is 8.98 Å². The molecule has 1 fully saturated rings. The third-order valence-electron chi connectivity index (χ3n) is 2.77. The van der Waals surface area contributed by atoms with Gasteiger partial charge in [0.15, 0.2) is 0 Å². The Morgan fingerprint density at radius 2 is 2.06 bits per heavy atom. The second kappa shape index (κ2) is 5.07. The Hall–Kier alpha value is -1.40. The number of anilines is 1. The van der Waals surface area contributed by atoms with Crippen molar-refractivity contribution in [1.82, 2.24) is 0 Å². The molecular weight excluding hydrogens is 254 g/mol. The number of nitrogens with zero attached hydrogens (tertiary/aromatic N) is 1. The van der Waals surface area contributed by atoms with E-state index in [-0.39, 0.29) is 17.4 Å². The molecule has 0 radical (unpaired) electrons. The van der Waals surface area contributed by atoms with Gasteiger partial charge in [-0.15, -0.1) is 0 Å². The third kappa shape index (κ3) is 2.39. The van der Waals surface area contributed by atoms with E-state index in [0.29, 0.717) is 18.7 Å². The molecule has 0 aromatic heterocycles. The summed E-state index contributed by atoms with van der Waals surface area (Å²) in [7, 11) is -3.80. The Bertz CT molecular complexity index is 553. The quantitative estimate of drug-likeness (QED) is 0.778. The molecule has 1 aliphatic heterocycles. The second-order valence-corrected chi connectivity index (χ2v) is 5.56. The zero-order valence-electron chi connectivity index (χ0n) is 10.1. The molecule has 1 aromatic carbocycles. The first-order valence-corrected chi connectivity index (χ1v) is 7.26. The number of benzene rings is 1. The van der Waals surface area contributed by atoms with Crippen LogP contribution in [0.4, 0.5) is 5.69 Å². The number of carbonyl (C=O) groups excluding carboxylic acids is 1.